The third-order valence-electron chi connectivity index (χ3n) is 8.84. The molecule has 0 aliphatic carbocycles. The van der Waals surface area contributed by atoms with Crippen LogP contribution in [0.2, 0.25) is 0 Å². The van der Waals surface area contributed by atoms with Crippen molar-refractivity contribution in [2.45, 2.75) is 220 Å². The van der Waals surface area contributed by atoms with E-state index >= 15 is 0 Å². The van der Waals surface area contributed by atoms with Crippen LogP contribution in [0.3, 0.4) is 0 Å². The monoisotopic (exact) mass is 507 g/mol. The third kappa shape index (κ3) is 27.0. The second-order valence-electron chi connectivity index (χ2n) is 12.5. The summed E-state index contributed by atoms with van der Waals surface area (Å²) < 4.78 is 0. The van der Waals surface area contributed by atoms with E-state index in [9.17, 15) is 0 Å². The minimum Gasteiger partial charge on any atom is -0.0654 e. The van der Waals surface area contributed by atoms with Crippen molar-refractivity contribution < 1.29 is 0 Å². The van der Waals surface area contributed by atoms with Gasteiger partial charge in [0.2, 0.25) is 0 Å². The van der Waals surface area contributed by atoms with Crippen molar-refractivity contribution >= 4 is 0 Å². The van der Waals surface area contributed by atoms with Crippen molar-refractivity contribution in [3.05, 3.63) is 0 Å². The lowest BCUT2D eigenvalue weighted by Gasteiger charge is -2.18. The predicted octanol–water partition coefficient (Wildman–Crippen LogP) is 14.0. The first-order valence-electron chi connectivity index (χ1n) is 17.8. The van der Waals surface area contributed by atoms with E-state index in [1.54, 1.807) is 0 Å². The third-order valence-corrected chi connectivity index (χ3v) is 8.84. The Kier molecular flexibility index (Phi) is 31.2. The Morgan fingerprint density at radius 1 is 0.222 bits per heavy atom. The number of rotatable bonds is 31. The number of unbranched alkanes of at least 4 members (excludes halogenated alkanes) is 19. The number of hydrogen-bond donors (Lipinski definition) is 0. The van der Waals surface area contributed by atoms with Gasteiger partial charge in [-0.25, -0.2) is 0 Å². The van der Waals surface area contributed by atoms with E-state index in [1.807, 2.05) is 0 Å². The van der Waals surface area contributed by atoms with Crippen LogP contribution in [0.1, 0.15) is 220 Å². The molecule has 2 atom stereocenters. The highest BCUT2D eigenvalue weighted by atomic mass is 14.2. The van der Waals surface area contributed by atoms with Crippen LogP contribution in [0.25, 0.3) is 0 Å². The normalized spacial score (nSPS) is 13.3. The van der Waals surface area contributed by atoms with Crippen molar-refractivity contribution in [1.82, 2.24) is 0 Å². The van der Waals surface area contributed by atoms with Gasteiger partial charge in [-0.05, 0) is 11.8 Å². The van der Waals surface area contributed by atoms with Gasteiger partial charge in [0, 0.05) is 0 Å². The zero-order valence-corrected chi connectivity index (χ0v) is 26.4. The summed E-state index contributed by atoms with van der Waals surface area (Å²) in [6.07, 6.45) is 44.2. The van der Waals surface area contributed by atoms with Crippen molar-refractivity contribution in [2.75, 3.05) is 0 Å². The molecule has 0 saturated carbocycles. The Hall–Kier alpha value is 0. The number of hydrogen-bond acceptors (Lipinski definition) is 0. The molecule has 0 aromatic heterocycles. The fourth-order valence-electron chi connectivity index (χ4n) is 6.20. The van der Waals surface area contributed by atoms with Crippen molar-refractivity contribution in [1.29, 1.82) is 0 Å². The molecule has 0 heterocycles. The molecule has 218 valence electrons. The van der Waals surface area contributed by atoms with E-state index in [4.69, 9.17) is 0 Å². The molecule has 2 unspecified atom stereocenters. The molecule has 0 aliphatic heterocycles. The average molecular weight is 507 g/mol. The molecule has 0 N–H and O–H groups in total. The summed E-state index contributed by atoms with van der Waals surface area (Å²) >= 11 is 0. The molecule has 0 bridgehead atoms. The van der Waals surface area contributed by atoms with Gasteiger partial charge in [0.25, 0.3) is 0 Å². The SMILES string of the molecule is CCCCCCCCCCC(CCCC)CCCCCCC(CCCC)CCCCCCCCCC. The van der Waals surface area contributed by atoms with Gasteiger partial charge in [-0.15, -0.1) is 0 Å². The Morgan fingerprint density at radius 3 is 0.667 bits per heavy atom. The minimum atomic E-state index is 1.03. The molecule has 0 spiro atoms. The summed E-state index contributed by atoms with van der Waals surface area (Å²) in [5, 5.41) is 0. The maximum atomic E-state index is 2.37. The lowest BCUT2D eigenvalue weighted by atomic mass is 9.88. The Bertz CT molecular complexity index is 336. The quantitative estimate of drug-likeness (QED) is 0.0820. The highest BCUT2D eigenvalue weighted by Crippen LogP contribution is 2.26. The molecule has 0 radical (unpaired) electrons. The van der Waals surface area contributed by atoms with Crippen LogP contribution in [0, 0.1) is 11.8 Å². The summed E-state index contributed by atoms with van der Waals surface area (Å²) in [7, 11) is 0. The highest BCUT2D eigenvalue weighted by Gasteiger charge is 2.10. The van der Waals surface area contributed by atoms with Crippen LogP contribution in [-0.2, 0) is 0 Å². The first-order chi connectivity index (χ1) is 17.8. The molecular weight excluding hydrogens is 432 g/mol. The molecular formula is C36H74. The largest absolute Gasteiger partial charge is 0.0654 e. The van der Waals surface area contributed by atoms with Gasteiger partial charge in [-0.2, -0.15) is 0 Å². The topological polar surface area (TPSA) is 0 Å². The van der Waals surface area contributed by atoms with E-state index in [0.29, 0.717) is 0 Å². The van der Waals surface area contributed by atoms with Crippen LogP contribution in [0.15, 0.2) is 0 Å². The van der Waals surface area contributed by atoms with Crippen molar-refractivity contribution in [3.8, 4) is 0 Å². The van der Waals surface area contributed by atoms with Crippen LogP contribution in [0.5, 0.6) is 0 Å². The molecule has 0 aliphatic rings. The lowest BCUT2D eigenvalue weighted by Crippen LogP contribution is -2.02. The van der Waals surface area contributed by atoms with E-state index < -0.39 is 0 Å². The smallest absolute Gasteiger partial charge is 0.0414 e. The Morgan fingerprint density at radius 2 is 0.417 bits per heavy atom. The molecule has 0 amide bonds. The van der Waals surface area contributed by atoms with E-state index in [0.717, 1.165) is 11.8 Å². The van der Waals surface area contributed by atoms with Gasteiger partial charge in [-0.1, -0.05) is 220 Å². The maximum Gasteiger partial charge on any atom is -0.0414 e. The van der Waals surface area contributed by atoms with E-state index in [-0.39, 0.29) is 0 Å². The summed E-state index contributed by atoms with van der Waals surface area (Å²) in [4.78, 5) is 0. The lowest BCUT2D eigenvalue weighted by molar-refractivity contribution is 0.356. The predicted molar refractivity (Wildman–Crippen MR) is 168 cm³/mol. The first kappa shape index (κ1) is 36.0. The molecule has 0 nitrogen and oxygen atoms in total. The average Bonchev–Trinajstić information content (AvgIpc) is 2.89. The standard InChI is InChI=1S/C36H74/c1-5-9-13-15-17-19-21-25-31-35(29-11-7-3)33-27-23-24-28-34-36(30-12-8-4)32-26-22-20-18-16-14-10-6-2/h35-36H,5-34H2,1-4H3. The van der Waals surface area contributed by atoms with Gasteiger partial charge in [0.15, 0.2) is 0 Å². The van der Waals surface area contributed by atoms with Crippen LogP contribution in [-0.4, -0.2) is 0 Å². The van der Waals surface area contributed by atoms with Gasteiger partial charge >= 0.3 is 0 Å². The second kappa shape index (κ2) is 31.2. The molecule has 36 heavy (non-hydrogen) atoms. The summed E-state index contributed by atoms with van der Waals surface area (Å²) in [5.74, 6) is 2.06. The van der Waals surface area contributed by atoms with E-state index in [1.165, 1.54) is 193 Å². The van der Waals surface area contributed by atoms with Crippen molar-refractivity contribution in [3.63, 3.8) is 0 Å². The Balaban J connectivity index is 3.89. The molecule has 0 saturated heterocycles. The van der Waals surface area contributed by atoms with Gasteiger partial charge in [0.1, 0.15) is 0 Å². The fourth-order valence-corrected chi connectivity index (χ4v) is 6.20. The van der Waals surface area contributed by atoms with Crippen molar-refractivity contribution in [2.24, 2.45) is 11.8 Å². The second-order valence-corrected chi connectivity index (χ2v) is 12.5. The summed E-state index contributed by atoms with van der Waals surface area (Å²) in [6, 6.07) is 0. The van der Waals surface area contributed by atoms with Crippen LogP contribution < -0.4 is 0 Å². The Labute approximate surface area is 232 Å². The molecule has 0 heteroatoms. The highest BCUT2D eigenvalue weighted by molar-refractivity contribution is 4.64. The fraction of sp³-hybridized carbons (Fsp3) is 1.00. The van der Waals surface area contributed by atoms with Crippen LogP contribution >= 0.6 is 0 Å². The van der Waals surface area contributed by atoms with Gasteiger partial charge in [-0.3, -0.25) is 0 Å². The van der Waals surface area contributed by atoms with Gasteiger partial charge in [0.05, 0.1) is 0 Å². The molecule has 0 aromatic carbocycles. The minimum absolute atomic E-state index is 1.03. The zero-order chi connectivity index (χ0) is 26.4. The first-order valence-corrected chi connectivity index (χ1v) is 17.8. The molecule has 0 rings (SSSR count). The zero-order valence-electron chi connectivity index (χ0n) is 26.4. The van der Waals surface area contributed by atoms with Crippen LogP contribution in [0.4, 0.5) is 0 Å². The van der Waals surface area contributed by atoms with E-state index in [2.05, 4.69) is 27.7 Å². The van der Waals surface area contributed by atoms with Gasteiger partial charge < -0.3 is 0 Å². The summed E-state index contributed by atoms with van der Waals surface area (Å²) in [6.45, 7) is 9.38. The maximum absolute atomic E-state index is 2.37. The molecule has 0 fully saturated rings. The molecule has 0 aromatic rings. The summed E-state index contributed by atoms with van der Waals surface area (Å²) in [5.41, 5.74) is 0.